The fourth-order valence-electron chi connectivity index (χ4n) is 3.72. The second-order valence-electron chi connectivity index (χ2n) is 6.52. The molecule has 2 aliphatic rings. The third-order valence-corrected chi connectivity index (χ3v) is 6.24. The number of aromatic nitrogens is 2. The highest BCUT2D eigenvalue weighted by molar-refractivity contribution is 8.00. The van der Waals surface area contributed by atoms with Crippen LogP contribution >= 0.6 is 11.8 Å². The molecule has 0 unspecified atom stereocenters. The number of nitrogens with one attached hydrogen (secondary N) is 2. The van der Waals surface area contributed by atoms with Gasteiger partial charge in [0.25, 0.3) is 5.56 Å². The number of carbonyl (C=O) groups excluding carboxylic acids is 1. The van der Waals surface area contributed by atoms with E-state index in [4.69, 9.17) is 4.74 Å². The number of aromatic amines is 1. The van der Waals surface area contributed by atoms with Crippen LogP contribution in [0.5, 0.6) is 5.75 Å². The Labute approximate surface area is 149 Å². The van der Waals surface area contributed by atoms with Gasteiger partial charge in [-0.1, -0.05) is 25.0 Å². The molecule has 1 aliphatic heterocycles. The summed E-state index contributed by atoms with van der Waals surface area (Å²) in [7, 11) is 1.63. The minimum absolute atomic E-state index is 0.0620. The first-order valence-corrected chi connectivity index (χ1v) is 9.62. The van der Waals surface area contributed by atoms with E-state index in [0.29, 0.717) is 17.1 Å². The topological polar surface area (TPSA) is 76.1 Å². The number of nitrogens with zero attached hydrogens (tertiary/aromatic N) is 1. The molecule has 1 aromatic carbocycles. The van der Waals surface area contributed by atoms with Crippen molar-refractivity contribution >= 4 is 23.5 Å². The van der Waals surface area contributed by atoms with Gasteiger partial charge in [0.15, 0.2) is 0 Å². The summed E-state index contributed by atoms with van der Waals surface area (Å²) >= 11 is 1.49. The maximum absolute atomic E-state index is 12.7. The lowest BCUT2D eigenvalue weighted by Gasteiger charge is -2.17. The fraction of sp³-hybridized carbons (Fsp3) is 0.444. The zero-order valence-corrected chi connectivity index (χ0v) is 14.9. The number of thioether (sulfide) groups is 1. The van der Waals surface area contributed by atoms with Gasteiger partial charge in [-0.05, 0) is 30.5 Å². The molecule has 1 aromatic heterocycles. The standard InChI is InChI=1S/C18H21N3O3S/c1-24-13-8-6-11(7-9-13)16-15-17(19-14(22)10-25-16)21(20-18(15)23)12-4-2-3-5-12/h6-9,12,16H,2-5,10H2,1H3,(H,19,22)(H,20,23)/t16-/m0/s1. The van der Waals surface area contributed by atoms with Gasteiger partial charge in [0.05, 0.1) is 29.7 Å². The minimum Gasteiger partial charge on any atom is -0.497 e. The first-order chi connectivity index (χ1) is 12.2. The monoisotopic (exact) mass is 359 g/mol. The molecule has 1 atom stereocenters. The van der Waals surface area contributed by atoms with Crippen LogP contribution in [0.2, 0.25) is 0 Å². The molecule has 2 heterocycles. The molecule has 4 rings (SSSR count). The lowest BCUT2D eigenvalue weighted by molar-refractivity contribution is -0.113. The molecule has 2 N–H and O–H groups in total. The minimum atomic E-state index is -0.175. The molecule has 1 saturated carbocycles. The molecule has 7 heteroatoms. The van der Waals surface area contributed by atoms with E-state index in [2.05, 4.69) is 10.4 Å². The van der Waals surface area contributed by atoms with E-state index in [1.54, 1.807) is 7.11 Å². The molecule has 132 valence electrons. The highest BCUT2D eigenvalue weighted by Gasteiger charge is 2.32. The average Bonchev–Trinajstić information content (AvgIpc) is 3.21. The van der Waals surface area contributed by atoms with Gasteiger partial charge in [-0.25, -0.2) is 0 Å². The third-order valence-electron chi connectivity index (χ3n) is 4.97. The van der Waals surface area contributed by atoms with Gasteiger partial charge in [0.1, 0.15) is 11.6 Å². The summed E-state index contributed by atoms with van der Waals surface area (Å²) in [5.74, 6) is 1.69. The highest BCUT2D eigenvalue weighted by atomic mass is 32.2. The second-order valence-corrected chi connectivity index (χ2v) is 7.62. The van der Waals surface area contributed by atoms with Crippen molar-refractivity contribution in [1.29, 1.82) is 0 Å². The van der Waals surface area contributed by atoms with Crippen molar-refractivity contribution < 1.29 is 9.53 Å². The van der Waals surface area contributed by atoms with Crippen LogP contribution in [0.4, 0.5) is 5.82 Å². The molecule has 25 heavy (non-hydrogen) atoms. The number of anilines is 1. The fourth-order valence-corrected chi connectivity index (χ4v) is 4.85. The van der Waals surface area contributed by atoms with E-state index in [1.165, 1.54) is 11.8 Å². The SMILES string of the molecule is COc1ccc([C@@H]2SCC(=O)Nc3c2c(=O)[nH]n3C2CCCC2)cc1. The number of ether oxygens (including phenoxy) is 1. The molecule has 1 amide bonds. The van der Waals surface area contributed by atoms with Gasteiger partial charge in [-0.3, -0.25) is 19.4 Å². The van der Waals surface area contributed by atoms with Crippen molar-refractivity contribution in [2.75, 3.05) is 18.2 Å². The number of amides is 1. The number of carbonyl (C=O) groups is 1. The molecule has 0 bridgehead atoms. The van der Waals surface area contributed by atoms with Crippen LogP contribution in [0.1, 0.15) is 48.1 Å². The summed E-state index contributed by atoms with van der Waals surface area (Å²) in [5.41, 5.74) is 1.53. The molecule has 6 nitrogen and oxygen atoms in total. The smallest absolute Gasteiger partial charge is 0.270 e. The van der Waals surface area contributed by atoms with Crippen LogP contribution in [0.25, 0.3) is 0 Å². The Morgan fingerprint density at radius 2 is 1.88 bits per heavy atom. The van der Waals surface area contributed by atoms with Crippen molar-refractivity contribution in [2.24, 2.45) is 0 Å². The van der Waals surface area contributed by atoms with Gasteiger partial charge in [0.2, 0.25) is 5.91 Å². The Kier molecular flexibility index (Phi) is 4.33. The maximum Gasteiger partial charge on any atom is 0.270 e. The Hall–Kier alpha value is -2.15. The Bertz CT molecular complexity index is 834. The Morgan fingerprint density at radius 3 is 2.56 bits per heavy atom. The van der Waals surface area contributed by atoms with E-state index in [0.717, 1.165) is 37.0 Å². The first-order valence-electron chi connectivity index (χ1n) is 8.57. The van der Waals surface area contributed by atoms with Crippen LogP contribution in [0.15, 0.2) is 29.1 Å². The number of fused-ring (bicyclic) bond motifs is 1. The molecule has 0 saturated heterocycles. The van der Waals surface area contributed by atoms with E-state index < -0.39 is 0 Å². The lowest BCUT2D eigenvalue weighted by Crippen LogP contribution is -2.18. The molecule has 1 fully saturated rings. The zero-order chi connectivity index (χ0) is 17.4. The highest BCUT2D eigenvalue weighted by Crippen LogP contribution is 2.42. The number of methoxy groups -OCH3 is 1. The van der Waals surface area contributed by atoms with Crippen LogP contribution in [0, 0.1) is 0 Å². The van der Waals surface area contributed by atoms with Gasteiger partial charge in [-0.15, -0.1) is 11.8 Å². The van der Waals surface area contributed by atoms with Crippen LogP contribution in [0.3, 0.4) is 0 Å². The van der Waals surface area contributed by atoms with Gasteiger partial charge in [-0.2, -0.15) is 0 Å². The van der Waals surface area contributed by atoms with E-state index in [-0.39, 0.29) is 22.8 Å². The summed E-state index contributed by atoms with van der Waals surface area (Å²) in [4.78, 5) is 25.0. The molecule has 1 aliphatic carbocycles. The Balaban J connectivity index is 1.80. The first kappa shape index (κ1) is 16.3. The predicted molar refractivity (Wildman–Crippen MR) is 98.5 cm³/mol. The van der Waals surface area contributed by atoms with Gasteiger partial charge >= 0.3 is 0 Å². The second kappa shape index (κ2) is 6.63. The van der Waals surface area contributed by atoms with E-state index in [9.17, 15) is 9.59 Å². The number of hydrogen-bond donors (Lipinski definition) is 2. The van der Waals surface area contributed by atoms with Crippen molar-refractivity contribution in [3.05, 3.63) is 45.7 Å². The maximum atomic E-state index is 12.7. The van der Waals surface area contributed by atoms with E-state index in [1.807, 2.05) is 28.9 Å². The summed E-state index contributed by atoms with van der Waals surface area (Å²) in [5, 5.41) is 5.76. The van der Waals surface area contributed by atoms with Crippen molar-refractivity contribution in [1.82, 2.24) is 9.78 Å². The van der Waals surface area contributed by atoms with Crippen molar-refractivity contribution in [3.8, 4) is 5.75 Å². The molecule has 0 radical (unpaired) electrons. The van der Waals surface area contributed by atoms with Crippen molar-refractivity contribution in [2.45, 2.75) is 37.0 Å². The zero-order valence-electron chi connectivity index (χ0n) is 14.1. The third kappa shape index (κ3) is 2.97. The number of rotatable bonds is 3. The normalized spacial score (nSPS) is 20.8. The number of benzene rings is 1. The predicted octanol–water partition coefficient (Wildman–Crippen LogP) is 3.07. The average molecular weight is 359 g/mol. The quantitative estimate of drug-likeness (QED) is 0.883. The van der Waals surface area contributed by atoms with Crippen LogP contribution < -0.4 is 15.6 Å². The van der Waals surface area contributed by atoms with Crippen LogP contribution in [-0.4, -0.2) is 28.6 Å². The Morgan fingerprint density at radius 1 is 1.16 bits per heavy atom. The molecular formula is C18H21N3O3S. The number of hydrogen-bond acceptors (Lipinski definition) is 4. The molecular weight excluding hydrogens is 338 g/mol. The summed E-state index contributed by atoms with van der Waals surface area (Å²) in [6.45, 7) is 0. The van der Waals surface area contributed by atoms with Crippen molar-refractivity contribution in [3.63, 3.8) is 0 Å². The van der Waals surface area contributed by atoms with Crippen LogP contribution in [-0.2, 0) is 4.79 Å². The van der Waals surface area contributed by atoms with Gasteiger partial charge in [0, 0.05) is 0 Å². The summed E-state index contributed by atoms with van der Waals surface area (Å²) in [6, 6.07) is 7.96. The molecule has 2 aromatic rings. The lowest BCUT2D eigenvalue weighted by atomic mass is 10.1. The summed E-state index contributed by atoms with van der Waals surface area (Å²) in [6.07, 6.45) is 4.38. The number of H-pyrrole nitrogens is 1. The van der Waals surface area contributed by atoms with Gasteiger partial charge < -0.3 is 10.1 Å². The molecule has 0 spiro atoms. The summed E-state index contributed by atoms with van der Waals surface area (Å²) < 4.78 is 7.11. The largest absolute Gasteiger partial charge is 0.497 e. The van der Waals surface area contributed by atoms with E-state index >= 15 is 0 Å².